The van der Waals surface area contributed by atoms with Crippen molar-refractivity contribution in [3.05, 3.63) is 29.3 Å². The van der Waals surface area contributed by atoms with Gasteiger partial charge in [-0.1, -0.05) is 12.1 Å². The molecule has 1 aromatic rings. The van der Waals surface area contributed by atoms with Crippen LogP contribution in [0.5, 0.6) is 0 Å². The van der Waals surface area contributed by atoms with E-state index >= 15 is 0 Å². The lowest BCUT2D eigenvalue weighted by Gasteiger charge is -2.12. The fraction of sp³-hybridized carbons (Fsp3) is 0.538. The standard InChI is InChI=1S/C13H20N2/c1-10(14)3-4-11-5-6-13-12(9-11)7-8-15(13)2/h5-6,9-10H,3-4,7-8,14H2,1-2H3/t10-/m0/s1. The van der Waals surface area contributed by atoms with Crippen molar-refractivity contribution in [1.29, 1.82) is 0 Å². The normalized spacial score (nSPS) is 16.6. The molecule has 0 saturated carbocycles. The summed E-state index contributed by atoms with van der Waals surface area (Å²) in [4.78, 5) is 2.32. The molecule has 0 amide bonds. The largest absolute Gasteiger partial charge is 0.374 e. The SMILES string of the molecule is C[C@H](N)CCc1ccc2c(c1)CCN2C. The Kier molecular flexibility index (Phi) is 2.96. The minimum atomic E-state index is 0.306. The van der Waals surface area contributed by atoms with E-state index in [0.29, 0.717) is 6.04 Å². The molecule has 82 valence electrons. The molecule has 1 aliphatic heterocycles. The number of nitrogens with two attached hydrogens (primary N) is 1. The average molecular weight is 204 g/mol. The molecule has 2 nitrogen and oxygen atoms in total. The van der Waals surface area contributed by atoms with Crippen LogP contribution in [0.25, 0.3) is 0 Å². The Hall–Kier alpha value is -1.02. The van der Waals surface area contributed by atoms with Crippen molar-refractivity contribution in [3.8, 4) is 0 Å². The first-order chi connectivity index (χ1) is 7.16. The summed E-state index contributed by atoms with van der Waals surface area (Å²) >= 11 is 0. The van der Waals surface area contributed by atoms with Gasteiger partial charge in [0.25, 0.3) is 0 Å². The fourth-order valence-electron chi connectivity index (χ4n) is 2.17. The Balaban J connectivity index is 2.09. The van der Waals surface area contributed by atoms with Gasteiger partial charge in [-0.05, 0) is 43.4 Å². The number of anilines is 1. The molecule has 1 heterocycles. The van der Waals surface area contributed by atoms with Gasteiger partial charge in [0.1, 0.15) is 0 Å². The van der Waals surface area contributed by atoms with Crippen molar-refractivity contribution in [1.82, 2.24) is 0 Å². The van der Waals surface area contributed by atoms with Gasteiger partial charge in [0.2, 0.25) is 0 Å². The minimum Gasteiger partial charge on any atom is -0.374 e. The highest BCUT2D eigenvalue weighted by molar-refractivity contribution is 5.58. The van der Waals surface area contributed by atoms with Crippen LogP contribution in [0.4, 0.5) is 5.69 Å². The first kappa shape index (κ1) is 10.5. The molecule has 0 fully saturated rings. The maximum atomic E-state index is 5.77. The molecule has 0 saturated heterocycles. The van der Waals surface area contributed by atoms with Crippen LogP contribution < -0.4 is 10.6 Å². The van der Waals surface area contributed by atoms with E-state index in [2.05, 4.69) is 37.1 Å². The van der Waals surface area contributed by atoms with Crippen LogP contribution in [0, 0.1) is 0 Å². The van der Waals surface area contributed by atoms with E-state index in [9.17, 15) is 0 Å². The fourth-order valence-corrected chi connectivity index (χ4v) is 2.17. The Morgan fingerprint density at radius 2 is 2.27 bits per heavy atom. The zero-order valence-corrected chi connectivity index (χ0v) is 9.66. The Morgan fingerprint density at radius 3 is 3.00 bits per heavy atom. The topological polar surface area (TPSA) is 29.3 Å². The molecule has 0 spiro atoms. The van der Waals surface area contributed by atoms with Gasteiger partial charge in [-0.15, -0.1) is 0 Å². The molecule has 0 unspecified atom stereocenters. The predicted octanol–water partition coefficient (Wildman–Crippen LogP) is 1.96. The zero-order valence-electron chi connectivity index (χ0n) is 9.66. The average Bonchev–Trinajstić information content (AvgIpc) is 2.57. The quantitative estimate of drug-likeness (QED) is 0.815. The number of likely N-dealkylation sites (N-methyl/N-ethyl adjacent to an activating group) is 1. The second-order valence-electron chi connectivity index (χ2n) is 4.65. The van der Waals surface area contributed by atoms with E-state index in [1.807, 2.05) is 0 Å². The molecule has 1 aliphatic rings. The molecule has 0 bridgehead atoms. The second-order valence-corrected chi connectivity index (χ2v) is 4.65. The van der Waals surface area contributed by atoms with Crippen molar-refractivity contribution in [2.24, 2.45) is 5.73 Å². The highest BCUT2D eigenvalue weighted by Gasteiger charge is 2.15. The smallest absolute Gasteiger partial charge is 0.0397 e. The van der Waals surface area contributed by atoms with Gasteiger partial charge in [-0.25, -0.2) is 0 Å². The molecular formula is C13H20N2. The molecule has 0 radical (unpaired) electrons. The maximum Gasteiger partial charge on any atom is 0.0397 e. The van der Waals surface area contributed by atoms with Crippen LogP contribution in [0.2, 0.25) is 0 Å². The number of aryl methyl sites for hydroxylation is 1. The maximum absolute atomic E-state index is 5.77. The lowest BCUT2D eigenvalue weighted by molar-refractivity contribution is 0.666. The molecule has 2 N–H and O–H groups in total. The van der Waals surface area contributed by atoms with Crippen LogP contribution in [0.1, 0.15) is 24.5 Å². The number of nitrogens with zero attached hydrogens (tertiary/aromatic N) is 1. The second kappa shape index (κ2) is 4.23. The number of fused-ring (bicyclic) bond motifs is 1. The third kappa shape index (κ3) is 2.32. The van der Waals surface area contributed by atoms with Gasteiger partial charge in [-0.3, -0.25) is 0 Å². The van der Waals surface area contributed by atoms with Gasteiger partial charge < -0.3 is 10.6 Å². The third-order valence-electron chi connectivity index (χ3n) is 3.16. The van der Waals surface area contributed by atoms with Crippen LogP contribution in [-0.4, -0.2) is 19.6 Å². The summed E-state index contributed by atoms with van der Waals surface area (Å²) in [6.07, 6.45) is 3.38. The summed E-state index contributed by atoms with van der Waals surface area (Å²) in [6, 6.07) is 7.14. The molecule has 2 heteroatoms. The van der Waals surface area contributed by atoms with Crippen LogP contribution in [0.3, 0.4) is 0 Å². The molecule has 0 aliphatic carbocycles. The first-order valence-corrected chi connectivity index (χ1v) is 5.75. The summed E-state index contributed by atoms with van der Waals surface area (Å²) in [5, 5.41) is 0. The Bertz CT molecular complexity index is 344. The van der Waals surface area contributed by atoms with E-state index in [1.54, 1.807) is 0 Å². The lowest BCUT2D eigenvalue weighted by Crippen LogP contribution is -2.15. The van der Waals surface area contributed by atoms with E-state index in [1.165, 1.54) is 23.2 Å². The summed E-state index contributed by atoms with van der Waals surface area (Å²) in [6.45, 7) is 3.23. The van der Waals surface area contributed by atoms with Gasteiger partial charge in [0.05, 0.1) is 0 Å². The summed E-state index contributed by atoms with van der Waals surface area (Å²) < 4.78 is 0. The number of rotatable bonds is 3. The molecule has 1 aromatic carbocycles. The molecule has 1 atom stereocenters. The number of benzene rings is 1. The molecule has 2 rings (SSSR count). The molecule has 0 aromatic heterocycles. The molecular weight excluding hydrogens is 184 g/mol. The van der Waals surface area contributed by atoms with E-state index < -0.39 is 0 Å². The lowest BCUT2D eigenvalue weighted by atomic mass is 10.0. The number of hydrogen-bond acceptors (Lipinski definition) is 2. The summed E-state index contributed by atoms with van der Waals surface area (Å²) in [5.74, 6) is 0. The predicted molar refractivity (Wildman–Crippen MR) is 65.4 cm³/mol. The van der Waals surface area contributed by atoms with Crippen LogP contribution >= 0.6 is 0 Å². The Morgan fingerprint density at radius 1 is 1.47 bits per heavy atom. The van der Waals surface area contributed by atoms with Gasteiger partial charge in [0.15, 0.2) is 0 Å². The molecule has 15 heavy (non-hydrogen) atoms. The van der Waals surface area contributed by atoms with E-state index in [-0.39, 0.29) is 0 Å². The van der Waals surface area contributed by atoms with Gasteiger partial charge in [0, 0.05) is 25.3 Å². The Labute approximate surface area is 92.1 Å². The number of hydrogen-bond donors (Lipinski definition) is 1. The van der Waals surface area contributed by atoms with Crippen LogP contribution in [0.15, 0.2) is 18.2 Å². The van der Waals surface area contributed by atoms with E-state index in [0.717, 1.165) is 19.4 Å². The van der Waals surface area contributed by atoms with E-state index in [4.69, 9.17) is 5.73 Å². The van der Waals surface area contributed by atoms with Crippen molar-refractivity contribution in [2.75, 3.05) is 18.5 Å². The van der Waals surface area contributed by atoms with Crippen molar-refractivity contribution < 1.29 is 0 Å². The minimum absolute atomic E-state index is 0.306. The van der Waals surface area contributed by atoms with Gasteiger partial charge >= 0.3 is 0 Å². The summed E-state index contributed by atoms with van der Waals surface area (Å²) in [5.41, 5.74) is 10.1. The zero-order chi connectivity index (χ0) is 10.8. The summed E-state index contributed by atoms with van der Waals surface area (Å²) in [7, 11) is 2.16. The first-order valence-electron chi connectivity index (χ1n) is 5.75. The third-order valence-corrected chi connectivity index (χ3v) is 3.16. The highest BCUT2D eigenvalue weighted by atomic mass is 15.1. The van der Waals surface area contributed by atoms with Crippen molar-refractivity contribution in [3.63, 3.8) is 0 Å². The van der Waals surface area contributed by atoms with Crippen molar-refractivity contribution in [2.45, 2.75) is 32.2 Å². The highest BCUT2D eigenvalue weighted by Crippen LogP contribution is 2.27. The van der Waals surface area contributed by atoms with Crippen LogP contribution in [-0.2, 0) is 12.8 Å². The van der Waals surface area contributed by atoms with Gasteiger partial charge in [-0.2, -0.15) is 0 Å². The van der Waals surface area contributed by atoms with Crippen molar-refractivity contribution >= 4 is 5.69 Å². The monoisotopic (exact) mass is 204 g/mol.